The largest absolute Gasteiger partial charge is 0.469 e. The SMILES string of the molecule is COC(=O)C[C@H](O)[C@H](CC1CCCCC1)NC(=O)OC(C)(C)C. The van der Waals surface area contributed by atoms with Crippen LogP contribution in [0.25, 0.3) is 0 Å². The lowest BCUT2D eigenvalue weighted by atomic mass is 9.83. The smallest absolute Gasteiger partial charge is 0.407 e. The minimum absolute atomic E-state index is 0.135. The monoisotopic (exact) mass is 329 g/mol. The molecule has 0 heterocycles. The molecule has 1 saturated carbocycles. The summed E-state index contributed by atoms with van der Waals surface area (Å²) < 4.78 is 9.87. The maximum absolute atomic E-state index is 12.0. The Morgan fingerprint density at radius 1 is 1.22 bits per heavy atom. The molecule has 1 aliphatic rings. The van der Waals surface area contributed by atoms with Crippen LogP contribution >= 0.6 is 0 Å². The van der Waals surface area contributed by atoms with Crippen molar-refractivity contribution in [2.24, 2.45) is 5.92 Å². The van der Waals surface area contributed by atoms with E-state index in [1.807, 2.05) is 0 Å². The lowest BCUT2D eigenvalue weighted by molar-refractivity contribution is -0.143. The van der Waals surface area contributed by atoms with Gasteiger partial charge >= 0.3 is 12.1 Å². The number of hydrogen-bond acceptors (Lipinski definition) is 5. The molecule has 23 heavy (non-hydrogen) atoms. The van der Waals surface area contributed by atoms with Gasteiger partial charge in [0.15, 0.2) is 0 Å². The van der Waals surface area contributed by atoms with Crippen LogP contribution < -0.4 is 5.32 Å². The molecule has 1 fully saturated rings. The fraction of sp³-hybridized carbons (Fsp3) is 0.882. The molecule has 134 valence electrons. The van der Waals surface area contributed by atoms with E-state index in [1.54, 1.807) is 20.8 Å². The van der Waals surface area contributed by atoms with Gasteiger partial charge in [-0.3, -0.25) is 4.79 Å². The number of carbonyl (C=O) groups excluding carboxylic acids is 2. The first-order valence-corrected chi connectivity index (χ1v) is 8.45. The van der Waals surface area contributed by atoms with E-state index < -0.39 is 29.8 Å². The number of amides is 1. The van der Waals surface area contributed by atoms with Crippen molar-refractivity contribution >= 4 is 12.1 Å². The summed E-state index contributed by atoms with van der Waals surface area (Å²) in [5.41, 5.74) is -0.604. The van der Waals surface area contributed by atoms with Crippen molar-refractivity contribution in [2.45, 2.75) is 83.5 Å². The van der Waals surface area contributed by atoms with Gasteiger partial charge in [0.1, 0.15) is 5.60 Å². The highest BCUT2D eigenvalue weighted by Gasteiger charge is 2.29. The molecule has 6 nitrogen and oxygen atoms in total. The quantitative estimate of drug-likeness (QED) is 0.732. The van der Waals surface area contributed by atoms with E-state index in [4.69, 9.17) is 4.74 Å². The van der Waals surface area contributed by atoms with E-state index in [1.165, 1.54) is 26.4 Å². The predicted octanol–water partition coefficient (Wildman–Crippen LogP) is 2.77. The molecule has 0 aliphatic heterocycles. The number of esters is 1. The molecule has 0 radical (unpaired) electrons. The Bertz CT molecular complexity index is 385. The molecule has 0 aromatic rings. The van der Waals surface area contributed by atoms with E-state index in [0.717, 1.165) is 12.8 Å². The van der Waals surface area contributed by atoms with Crippen LogP contribution in [0.5, 0.6) is 0 Å². The Morgan fingerprint density at radius 3 is 2.35 bits per heavy atom. The summed E-state index contributed by atoms with van der Waals surface area (Å²) in [5.74, 6) is -0.0342. The average Bonchev–Trinajstić information content (AvgIpc) is 2.45. The number of carbonyl (C=O) groups is 2. The Balaban J connectivity index is 2.66. The highest BCUT2D eigenvalue weighted by Crippen LogP contribution is 2.28. The number of aliphatic hydroxyl groups is 1. The Labute approximate surface area is 138 Å². The Kier molecular flexibility index (Phi) is 7.82. The minimum atomic E-state index is -0.975. The number of rotatable bonds is 6. The standard InChI is InChI=1S/C17H31NO5/c1-17(2,3)23-16(21)18-13(14(19)11-15(20)22-4)10-12-8-6-5-7-9-12/h12-14,19H,5-11H2,1-4H3,(H,18,21)/t13-,14-/m0/s1. The molecule has 0 saturated heterocycles. The molecule has 0 spiro atoms. The highest BCUT2D eigenvalue weighted by atomic mass is 16.6. The fourth-order valence-electron chi connectivity index (χ4n) is 2.95. The van der Waals surface area contributed by atoms with Crippen molar-refractivity contribution in [1.29, 1.82) is 0 Å². The zero-order valence-corrected chi connectivity index (χ0v) is 14.8. The van der Waals surface area contributed by atoms with Gasteiger partial charge in [-0.1, -0.05) is 32.1 Å². The van der Waals surface area contributed by atoms with Crippen LogP contribution in [0.3, 0.4) is 0 Å². The molecule has 1 rings (SSSR count). The number of hydrogen-bond donors (Lipinski definition) is 2. The molecular weight excluding hydrogens is 298 g/mol. The summed E-state index contributed by atoms with van der Waals surface area (Å²) in [6, 6.07) is -0.507. The minimum Gasteiger partial charge on any atom is -0.469 e. The van der Waals surface area contributed by atoms with Gasteiger partial charge in [-0.25, -0.2) is 4.79 Å². The van der Waals surface area contributed by atoms with Gasteiger partial charge in [-0.2, -0.15) is 0 Å². The summed E-state index contributed by atoms with van der Waals surface area (Å²) in [7, 11) is 1.28. The molecule has 0 unspecified atom stereocenters. The third kappa shape index (κ3) is 8.21. The number of aliphatic hydroxyl groups excluding tert-OH is 1. The molecule has 2 N–H and O–H groups in total. The van der Waals surface area contributed by atoms with Crippen molar-refractivity contribution in [1.82, 2.24) is 5.32 Å². The lowest BCUT2D eigenvalue weighted by Crippen LogP contribution is -2.47. The second kappa shape index (κ2) is 9.11. The number of alkyl carbamates (subject to hydrolysis) is 1. The first kappa shape index (κ1) is 19.7. The zero-order valence-electron chi connectivity index (χ0n) is 14.8. The van der Waals surface area contributed by atoms with Crippen LogP contribution in [-0.2, 0) is 14.3 Å². The van der Waals surface area contributed by atoms with Crippen molar-refractivity contribution in [3.8, 4) is 0 Å². The van der Waals surface area contributed by atoms with Crippen LogP contribution in [-0.4, -0.2) is 42.0 Å². The first-order valence-electron chi connectivity index (χ1n) is 8.45. The second-order valence-corrected chi connectivity index (χ2v) is 7.34. The van der Waals surface area contributed by atoms with E-state index >= 15 is 0 Å². The molecule has 0 aromatic heterocycles. The van der Waals surface area contributed by atoms with Gasteiger partial charge < -0.3 is 19.9 Å². The number of ether oxygens (including phenoxy) is 2. The third-order valence-electron chi connectivity index (χ3n) is 4.08. The second-order valence-electron chi connectivity index (χ2n) is 7.34. The normalized spacial score (nSPS) is 18.8. The highest BCUT2D eigenvalue weighted by molar-refractivity contribution is 5.71. The van der Waals surface area contributed by atoms with E-state index in [9.17, 15) is 14.7 Å². The maximum Gasteiger partial charge on any atom is 0.407 e. The average molecular weight is 329 g/mol. The molecular formula is C17H31NO5. The van der Waals surface area contributed by atoms with Crippen molar-refractivity contribution in [2.75, 3.05) is 7.11 Å². The van der Waals surface area contributed by atoms with Crippen LogP contribution in [0.15, 0.2) is 0 Å². The molecule has 1 aliphatic carbocycles. The number of methoxy groups -OCH3 is 1. The van der Waals surface area contributed by atoms with Crippen molar-refractivity contribution < 1.29 is 24.2 Å². The Morgan fingerprint density at radius 2 is 1.83 bits per heavy atom. The van der Waals surface area contributed by atoms with Gasteiger partial charge in [-0.15, -0.1) is 0 Å². The summed E-state index contributed by atoms with van der Waals surface area (Å²) in [5, 5.41) is 13.0. The summed E-state index contributed by atoms with van der Waals surface area (Å²) in [6.45, 7) is 5.36. The van der Waals surface area contributed by atoms with E-state index in [0.29, 0.717) is 12.3 Å². The molecule has 1 amide bonds. The molecule has 0 bridgehead atoms. The number of nitrogens with one attached hydrogen (secondary N) is 1. The fourth-order valence-corrected chi connectivity index (χ4v) is 2.95. The lowest BCUT2D eigenvalue weighted by Gasteiger charge is -2.30. The topological polar surface area (TPSA) is 84.9 Å². The van der Waals surface area contributed by atoms with Gasteiger partial charge in [0.25, 0.3) is 0 Å². The van der Waals surface area contributed by atoms with Gasteiger partial charge in [0.2, 0.25) is 0 Å². The Hall–Kier alpha value is -1.30. The van der Waals surface area contributed by atoms with Crippen LogP contribution in [0.4, 0.5) is 4.79 Å². The van der Waals surface area contributed by atoms with Crippen LogP contribution in [0.1, 0.15) is 65.7 Å². The van der Waals surface area contributed by atoms with E-state index in [2.05, 4.69) is 10.1 Å². The molecule has 6 heteroatoms. The maximum atomic E-state index is 12.0. The van der Waals surface area contributed by atoms with Gasteiger partial charge in [0.05, 0.1) is 25.7 Å². The summed E-state index contributed by atoms with van der Waals surface area (Å²) in [6.07, 6.45) is 4.76. The van der Waals surface area contributed by atoms with E-state index in [-0.39, 0.29) is 6.42 Å². The molecule has 2 atom stereocenters. The van der Waals surface area contributed by atoms with Crippen molar-refractivity contribution in [3.63, 3.8) is 0 Å². The molecule has 0 aromatic carbocycles. The predicted molar refractivity (Wildman–Crippen MR) is 87.0 cm³/mol. The van der Waals surface area contributed by atoms with Crippen molar-refractivity contribution in [3.05, 3.63) is 0 Å². The van der Waals surface area contributed by atoms with Gasteiger partial charge in [0, 0.05) is 0 Å². The van der Waals surface area contributed by atoms with Gasteiger partial charge in [-0.05, 0) is 33.1 Å². The van der Waals surface area contributed by atoms with Crippen LogP contribution in [0.2, 0.25) is 0 Å². The first-order chi connectivity index (χ1) is 10.7. The summed E-state index contributed by atoms with van der Waals surface area (Å²) >= 11 is 0. The summed E-state index contributed by atoms with van der Waals surface area (Å²) in [4.78, 5) is 23.4. The third-order valence-corrected chi connectivity index (χ3v) is 4.08. The van der Waals surface area contributed by atoms with Crippen LogP contribution in [0, 0.1) is 5.92 Å². The zero-order chi connectivity index (χ0) is 17.5.